The lowest BCUT2D eigenvalue weighted by Gasteiger charge is -1.93. The molecule has 0 atom stereocenters. The molecule has 1 aromatic heterocycles. The lowest BCUT2D eigenvalue weighted by molar-refractivity contribution is 1.38. The molecule has 2 rings (SSSR count). The summed E-state index contributed by atoms with van der Waals surface area (Å²) in [5, 5.41) is 1.22. The second-order valence-electron chi connectivity index (χ2n) is 1.99. The molecule has 0 saturated heterocycles. The molecule has 0 fully saturated rings. The third kappa shape index (κ3) is 1.91. The van der Waals surface area contributed by atoms with Crippen LogP contribution >= 0.6 is 68.1 Å². The summed E-state index contributed by atoms with van der Waals surface area (Å²) < 4.78 is 7.86. The van der Waals surface area contributed by atoms with Crippen LogP contribution in [-0.2, 0) is 0 Å². The molecule has 0 saturated carbocycles. The highest BCUT2D eigenvalue weighted by atomic mass is 35.5. The molecule has 2 heterocycles. The molecule has 69 valence electrons. The van der Waals surface area contributed by atoms with E-state index in [1.54, 1.807) is 0 Å². The molecular weight excluding hydrogens is 291 g/mol. The van der Waals surface area contributed by atoms with Gasteiger partial charge in [-0.25, -0.2) is 0 Å². The standard InChI is InChI=1S/C5Cl3N2S3/c6-1-2(11-9-4(1)7)3-5(8)10-13-12-3. The van der Waals surface area contributed by atoms with Crippen molar-refractivity contribution in [3.05, 3.63) is 20.2 Å². The fourth-order valence-electron chi connectivity index (χ4n) is 0.697. The summed E-state index contributed by atoms with van der Waals surface area (Å²) in [6.45, 7) is 0. The smallest absolute Gasteiger partial charge is 0.162 e. The van der Waals surface area contributed by atoms with Crippen molar-refractivity contribution in [3.63, 3.8) is 0 Å². The highest BCUT2D eigenvalue weighted by Crippen LogP contribution is 2.50. The first-order valence-corrected chi connectivity index (χ1v) is 6.97. The maximum absolute atomic E-state index is 5.91. The van der Waals surface area contributed by atoms with Crippen LogP contribution in [0.15, 0.2) is 5.16 Å². The second-order valence-corrected chi connectivity index (χ2v) is 5.71. The third-order valence-electron chi connectivity index (χ3n) is 1.23. The maximum Gasteiger partial charge on any atom is 0.162 e. The lowest BCUT2D eigenvalue weighted by atomic mass is 10.4. The molecule has 1 aliphatic heterocycles. The zero-order chi connectivity index (χ0) is 9.42. The Kier molecular flexibility index (Phi) is 3.22. The van der Waals surface area contributed by atoms with E-state index in [-0.39, 0.29) is 0 Å². The minimum atomic E-state index is 0.316. The Hall–Kier alpha value is 0.740. The molecule has 2 nitrogen and oxygen atoms in total. The van der Waals surface area contributed by atoms with Gasteiger partial charge in [-0.2, -0.15) is 9.10 Å². The van der Waals surface area contributed by atoms with Crippen LogP contribution in [0.2, 0.25) is 10.2 Å². The van der Waals surface area contributed by atoms with E-state index >= 15 is 0 Å². The van der Waals surface area contributed by atoms with E-state index < -0.39 is 0 Å². The zero-order valence-corrected chi connectivity index (χ0v) is 10.5. The van der Waals surface area contributed by atoms with Crippen LogP contribution in [-0.4, -0.2) is 4.37 Å². The highest BCUT2D eigenvalue weighted by molar-refractivity contribution is 8.80. The van der Waals surface area contributed by atoms with E-state index in [1.807, 2.05) is 0 Å². The van der Waals surface area contributed by atoms with Gasteiger partial charge >= 0.3 is 0 Å². The summed E-state index contributed by atoms with van der Waals surface area (Å²) in [6.07, 6.45) is 0. The number of hydrogen-bond acceptors (Lipinski definition) is 4. The van der Waals surface area contributed by atoms with E-state index in [1.165, 1.54) is 33.3 Å². The topological polar surface area (TPSA) is 27.0 Å². The number of hydrogen-bond donors (Lipinski definition) is 0. The average molecular weight is 291 g/mol. The minimum absolute atomic E-state index is 0.316. The van der Waals surface area contributed by atoms with Crippen LogP contribution in [0.25, 0.3) is 4.91 Å². The Morgan fingerprint density at radius 2 is 1.92 bits per heavy atom. The van der Waals surface area contributed by atoms with Gasteiger partial charge in [-0.3, -0.25) is 0 Å². The summed E-state index contributed by atoms with van der Waals surface area (Å²) >= 11 is 18.7. The second kappa shape index (κ2) is 4.08. The highest BCUT2D eigenvalue weighted by Gasteiger charge is 2.23. The molecule has 0 aliphatic carbocycles. The Morgan fingerprint density at radius 1 is 1.15 bits per heavy atom. The van der Waals surface area contributed by atoms with E-state index in [9.17, 15) is 0 Å². The quantitative estimate of drug-likeness (QED) is 0.440. The molecule has 0 amide bonds. The van der Waals surface area contributed by atoms with Crippen molar-refractivity contribution in [2.75, 3.05) is 0 Å². The van der Waals surface area contributed by atoms with Crippen molar-refractivity contribution in [2.24, 2.45) is 0 Å². The van der Waals surface area contributed by atoms with Crippen molar-refractivity contribution in [3.8, 4) is 0 Å². The summed E-state index contributed by atoms with van der Waals surface area (Å²) in [5.41, 5.74) is 0. The normalized spacial score (nSPS) is 16.5. The van der Waals surface area contributed by atoms with Gasteiger partial charge in [0.15, 0.2) is 10.3 Å². The Bertz CT molecular complexity index is 375. The van der Waals surface area contributed by atoms with Gasteiger partial charge in [0.05, 0.1) is 25.8 Å². The van der Waals surface area contributed by atoms with Gasteiger partial charge in [-0.05, 0) is 22.3 Å². The molecule has 0 N–H and O–H groups in total. The molecule has 0 bridgehead atoms. The molecule has 13 heavy (non-hydrogen) atoms. The SMILES string of the molecule is ClC1=C(c2snc(Cl)c2Cl)SS[N]1. The van der Waals surface area contributed by atoms with E-state index in [2.05, 4.69) is 9.10 Å². The predicted octanol–water partition coefficient (Wildman–Crippen LogP) is 4.23. The first-order valence-electron chi connectivity index (χ1n) is 2.95. The van der Waals surface area contributed by atoms with E-state index in [4.69, 9.17) is 34.8 Å². The Morgan fingerprint density at radius 3 is 2.38 bits per heavy atom. The van der Waals surface area contributed by atoms with Gasteiger partial charge < -0.3 is 0 Å². The van der Waals surface area contributed by atoms with Crippen LogP contribution in [0.4, 0.5) is 0 Å². The number of aromatic nitrogens is 1. The van der Waals surface area contributed by atoms with Gasteiger partial charge in [-0.15, -0.1) is 0 Å². The fraction of sp³-hybridized carbons (Fsp3) is 0. The molecule has 0 spiro atoms. The Balaban J connectivity index is 2.46. The Labute approximate surface area is 102 Å². The molecule has 8 heteroatoms. The van der Waals surface area contributed by atoms with Crippen LogP contribution in [0.5, 0.6) is 0 Å². The van der Waals surface area contributed by atoms with Crippen LogP contribution in [0.3, 0.4) is 0 Å². The van der Waals surface area contributed by atoms with E-state index in [0.29, 0.717) is 15.3 Å². The molecule has 1 radical (unpaired) electrons. The lowest BCUT2D eigenvalue weighted by Crippen LogP contribution is -1.80. The van der Waals surface area contributed by atoms with Crippen LogP contribution in [0.1, 0.15) is 4.88 Å². The first kappa shape index (κ1) is 10.3. The van der Waals surface area contributed by atoms with Gasteiger partial charge in [0.25, 0.3) is 0 Å². The molecule has 0 unspecified atom stereocenters. The van der Waals surface area contributed by atoms with Gasteiger partial charge in [0.2, 0.25) is 0 Å². The van der Waals surface area contributed by atoms with Crippen molar-refractivity contribution in [2.45, 2.75) is 0 Å². The third-order valence-corrected chi connectivity index (χ3v) is 5.50. The van der Waals surface area contributed by atoms with Crippen LogP contribution in [0, 0.1) is 0 Å². The molecular formula is C5Cl3N2S3. The average Bonchev–Trinajstić information content (AvgIpc) is 2.62. The fourth-order valence-corrected chi connectivity index (χ4v) is 4.61. The molecule has 1 aliphatic rings. The summed E-state index contributed by atoms with van der Waals surface area (Å²) in [4.78, 5) is 1.62. The molecule has 0 aromatic carbocycles. The van der Waals surface area contributed by atoms with Crippen molar-refractivity contribution < 1.29 is 0 Å². The largest absolute Gasteiger partial charge is 0.191 e. The summed E-state index contributed by atoms with van der Waals surface area (Å²) in [7, 11) is 2.77. The zero-order valence-electron chi connectivity index (χ0n) is 5.75. The number of halogens is 3. The predicted molar refractivity (Wildman–Crippen MR) is 62.2 cm³/mol. The summed E-state index contributed by atoms with van der Waals surface area (Å²) in [6, 6.07) is 0. The van der Waals surface area contributed by atoms with Crippen molar-refractivity contribution >= 4 is 73.0 Å². The minimum Gasteiger partial charge on any atom is -0.191 e. The maximum atomic E-state index is 5.91. The number of rotatable bonds is 1. The van der Waals surface area contributed by atoms with Gasteiger partial charge in [0.1, 0.15) is 0 Å². The molecule has 1 aromatic rings. The van der Waals surface area contributed by atoms with Crippen LogP contribution < -0.4 is 4.72 Å². The number of nitrogens with zero attached hydrogens (tertiary/aromatic N) is 2. The monoisotopic (exact) mass is 289 g/mol. The van der Waals surface area contributed by atoms with Crippen molar-refractivity contribution in [1.82, 2.24) is 9.10 Å². The van der Waals surface area contributed by atoms with Gasteiger partial charge in [-0.1, -0.05) is 34.8 Å². The van der Waals surface area contributed by atoms with Gasteiger partial charge in [0, 0.05) is 0 Å². The van der Waals surface area contributed by atoms with Crippen molar-refractivity contribution in [1.29, 1.82) is 0 Å². The van der Waals surface area contributed by atoms with E-state index in [0.717, 1.165) is 9.78 Å². The summed E-state index contributed by atoms with van der Waals surface area (Å²) in [5.74, 6) is 0. The first-order chi connectivity index (χ1) is 6.20.